The molecule has 3 aromatic rings. The fourth-order valence-corrected chi connectivity index (χ4v) is 4.02. The van der Waals surface area contributed by atoms with Crippen LogP contribution in [0.3, 0.4) is 0 Å². The third kappa shape index (κ3) is 5.11. The molecule has 0 fully saturated rings. The molecule has 3 rings (SSSR count). The van der Waals surface area contributed by atoms with Crippen molar-refractivity contribution in [3.63, 3.8) is 0 Å². The number of aliphatic carboxylic acids is 1. The Labute approximate surface area is 201 Å². The highest BCUT2D eigenvalue weighted by molar-refractivity contribution is 6.55. The van der Waals surface area contributed by atoms with Gasteiger partial charge in [-0.05, 0) is 48.7 Å². The Bertz CT molecular complexity index is 1230. The summed E-state index contributed by atoms with van der Waals surface area (Å²) in [5, 5.41) is 21.1. The molecule has 1 N–H and O–H groups in total. The summed E-state index contributed by atoms with van der Waals surface area (Å²) >= 11 is 11.6. The minimum Gasteiger partial charge on any atom is -0.481 e. The Morgan fingerprint density at radius 3 is 2.48 bits per heavy atom. The number of fused-ring (bicyclic) bond motifs is 1. The number of pyridine rings is 1. The Kier molecular flexibility index (Phi) is 7.57. The summed E-state index contributed by atoms with van der Waals surface area (Å²) in [5.74, 6) is -2.40. The van der Waals surface area contributed by atoms with E-state index in [1.807, 2.05) is 6.07 Å². The standard InChI is InChI=1S/C25H21Cl2FN2O3/c1-15(2)25(24(31)32,12-11-23(26)27)19(14-29)21-13-22(18-5-3-4-6-20(18)30-21)33-17-9-7-16(28)8-10-17/h3-11,13,15,19H,12H2,1-2H3,(H,31,32). The molecular formula is C25H21Cl2FN2O3. The van der Waals surface area contributed by atoms with E-state index in [-0.39, 0.29) is 16.6 Å². The van der Waals surface area contributed by atoms with Crippen LogP contribution in [0.2, 0.25) is 0 Å². The Morgan fingerprint density at radius 2 is 1.91 bits per heavy atom. The van der Waals surface area contributed by atoms with E-state index >= 15 is 0 Å². The predicted molar refractivity (Wildman–Crippen MR) is 126 cm³/mol. The fraction of sp³-hybridized carbons (Fsp3) is 0.240. The predicted octanol–water partition coefficient (Wildman–Crippen LogP) is 7.21. The van der Waals surface area contributed by atoms with Crippen molar-refractivity contribution in [1.29, 1.82) is 5.26 Å². The number of halogens is 3. The van der Waals surface area contributed by atoms with Gasteiger partial charge in [-0.15, -0.1) is 0 Å². The Hall–Kier alpha value is -3.14. The van der Waals surface area contributed by atoms with E-state index in [9.17, 15) is 19.6 Å². The summed E-state index contributed by atoms with van der Waals surface area (Å²) < 4.78 is 19.2. The summed E-state index contributed by atoms with van der Waals surface area (Å²) in [6, 6.07) is 16.4. The van der Waals surface area contributed by atoms with Gasteiger partial charge in [0.05, 0.1) is 22.7 Å². The van der Waals surface area contributed by atoms with E-state index in [2.05, 4.69) is 11.1 Å². The van der Waals surface area contributed by atoms with Gasteiger partial charge in [0.1, 0.15) is 27.7 Å². The maximum atomic E-state index is 13.3. The fourth-order valence-electron chi connectivity index (χ4n) is 3.86. The first-order chi connectivity index (χ1) is 15.7. The van der Waals surface area contributed by atoms with Crippen LogP contribution in [0.15, 0.2) is 65.2 Å². The van der Waals surface area contributed by atoms with Crippen LogP contribution in [0.5, 0.6) is 11.5 Å². The molecule has 170 valence electrons. The lowest BCUT2D eigenvalue weighted by Gasteiger charge is -2.36. The monoisotopic (exact) mass is 486 g/mol. The number of hydrogen-bond donors (Lipinski definition) is 1. The summed E-state index contributed by atoms with van der Waals surface area (Å²) in [6.07, 6.45) is 1.32. The van der Waals surface area contributed by atoms with Gasteiger partial charge < -0.3 is 9.84 Å². The van der Waals surface area contributed by atoms with Crippen molar-refractivity contribution in [2.45, 2.75) is 26.2 Å². The van der Waals surface area contributed by atoms with Crippen molar-refractivity contribution < 1.29 is 19.0 Å². The highest BCUT2D eigenvalue weighted by atomic mass is 35.5. The van der Waals surface area contributed by atoms with Crippen LogP contribution in [-0.4, -0.2) is 16.1 Å². The second kappa shape index (κ2) is 10.2. The van der Waals surface area contributed by atoms with Gasteiger partial charge in [0.15, 0.2) is 0 Å². The maximum absolute atomic E-state index is 13.3. The Balaban J connectivity index is 2.21. The van der Waals surface area contributed by atoms with Crippen molar-refractivity contribution >= 4 is 40.1 Å². The van der Waals surface area contributed by atoms with Gasteiger partial charge >= 0.3 is 5.97 Å². The van der Waals surface area contributed by atoms with Crippen LogP contribution in [0, 0.1) is 28.5 Å². The molecule has 0 spiro atoms. The lowest BCUT2D eigenvalue weighted by atomic mass is 9.64. The van der Waals surface area contributed by atoms with Gasteiger partial charge in [-0.25, -0.2) is 4.39 Å². The number of rotatable bonds is 8. The molecule has 2 atom stereocenters. The molecule has 0 bridgehead atoms. The molecule has 0 saturated heterocycles. The number of carboxylic acids is 1. The summed E-state index contributed by atoms with van der Waals surface area (Å²) in [6.45, 7) is 3.46. The van der Waals surface area contributed by atoms with Crippen LogP contribution in [0.25, 0.3) is 10.9 Å². The number of nitrogens with zero attached hydrogens (tertiary/aromatic N) is 2. The van der Waals surface area contributed by atoms with E-state index < -0.39 is 29.0 Å². The SMILES string of the molecule is CC(C)C(CC=C(Cl)Cl)(C(=O)O)C(C#N)c1cc(Oc2ccc(F)cc2)c2ccccc2n1. The van der Waals surface area contributed by atoms with Gasteiger partial charge in [-0.2, -0.15) is 5.26 Å². The number of para-hydroxylation sites is 1. The number of aromatic nitrogens is 1. The molecule has 0 amide bonds. The van der Waals surface area contributed by atoms with Gasteiger partial charge in [0.2, 0.25) is 0 Å². The minimum absolute atomic E-state index is 0.0663. The molecule has 5 nitrogen and oxygen atoms in total. The third-order valence-corrected chi connectivity index (χ3v) is 6.01. The van der Waals surface area contributed by atoms with E-state index in [0.29, 0.717) is 22.4 Å². The third-order valence-electron chi connectivity index (χ3n) is 5.70. The van der Waals surface area contributed by atoms with Gasteiger partial charge in [-0.1, -0.05) is 55.3 Å². The minimum atomic E-state index is -1.55. The van der Waals surface area contributed by atoms with Crippen molar-refractivity contribution in [2.24, 2.45) is 11.3 Å². The molecule has 0 saturated carbocycles. The van der Waals surface area contributed by atoms with Crippen LogP contribution in [0.1, 0.15) is 31.9 Å². The lowest BCUT2D eigenvalue weighted by molar-refractivity contribution is -0.152. The number of nitriles is 1. The number of carbonyl (C=O) groups is 1. The van der Waals surface area contributed by atoms with E-state index in [0.717, 1.165) is 0 Å². The highest BCUT2D eigenvalue weighted by Crippen LogP contribution is 2.47. The van der Waals surface area contributed by atoms with Crippen LogP contribution >= 0.6 is 23.2 Å². The van der Waals surface area contributed by atoms with E-state index in [4.69, 9.17) is 27.9 Å². The smallest absolute Gasteiger partial charge is 0.311 e. The van der Waals surface area contributed by atoms with Crippen molar-refractivity contribution in [3.05, 3.63) is 76.7 Å². The Morgan fingerprint density at radius 1 is 1.24 bits per heavy atom. The highest BCUT2D eigenvalue weighted by Gasteiger charge is 2.50. The van der Waals surface area contributed by atoms with Crippen LogP contribution < -0.4 is 4.74 Å². The topological polar surface area (TPSA) is 83.2 Å². The largest absolute Gasteiger partial charge is 0.481 e. The zero-order chi connectivity index (χ0) is 24.2. The quantitative estimate of drug-likeness (QED) is 0.363. The van der Waals surface area contributed by atoms with Crippen LogP contribution in [0.4, 0.5) is 4.39 Å². The molecule has 8 heteroatoms. The molecule has 1 aromatic heterocycles. The van der Waals surface area contributed by atoms with Gasteiger partial charge in [0.25, 0.3) is 0 Å². The first-order valence-corrected chi connectivity index (χ1v) is 10.9. The molecule has 0 radical (unpaired) electrons. The molecule has 2 unspecified atom stereocenters. The molecule has 0 aliphatic carbocycles. The zero-order valence-corrected chi connectivity index (χ0v) is 19.4. The van der Waals surface area contributed by atoms with Gasteiger partial charge in [0, 0.05) is 11.5 Å². The molecular weight excluding hydrogens is 466 g/mol. The average Bonchev–Trinajstić information content (AvgIpc) is 2.77. The number of benzene rings is 2. The average molecular weight is 487 g/mol. The summed E-state index contributed by atoms with van der Waals surface area (Å²) in [7, 11) is 0. The number of ether oxygens (including phenoxy) is 1. The zero-order valence-electron chi connectivity index (χ0n) is 17.9. The molecule has 1 heterocycles. The second-order valence-corrected chi connectivity index (χ2v) is 8.89. The van der Waals surface area contributed by atoms with Crippen LogP contribution in [-0.2, 0) is 4.79 Å². The normalized spacial score (nSPS) is 13.7. The summed E-state index contributed by atoms with van der Waals surface area (Å²) in [4.78, 5) is 17.2. The first-order valence-electron chi connectivity index (χ1n) is 10.2. The number of allylic oxidation sites excluding steroid dienone is 1. The molecule has 33 heavy (non-hydrogen) atoms. The lowest BCUT2D eigenvalue weighted by Crippen LogP contribution is -2.41. The number of carboxylic acid groups (broad SMARTS) is 1. The second-order valence-electron chi connectivity index (χ2n) is 7.88. The van der Waals surface area contributed by atoms with Gasteiger partial charge in [-0.3, -0.25) is 9.78 Å². The van der Waals surface area contributed by atoms with Crippen molar-refractivity contribution in [3.8, 4) is 17.6 Å². The van der Waals surface area contributed by atoms with E-state index in [1.54, 1.807) is 38.1 Å². The molecule has 0 aliphatic rings. The van der Waals surface area contributed by atoms with Crippen molar-refractivity contribution in [1.82, 2.24) is 4.98 Å². The molecule has 0 aliphatic heterocycles. The number of hydrogen-bond acceptors (Lipinski definition) is 4. The maximum Gasteiger partial charge on any atom is 0.311 e. The molecule has 2 aromatic carbocycles. The van der Waals surface area contributed by atoms with E-state index in [1.165, 1.54) is 30.3 Å². The summed E-state index contributed by atoms with van der Waals surface area (Å²) in [5.41, 5.74) is -0.781. The van der Waals surface area contributed by atoms with Crippen molar-refractivity contribution in [2.75, 3.05) is 0 Å². The first kappa shape index (κ1) is 24.5.